The van der Waals surface area contributed by atoms with Gasteiger partial charge in [0.05, 0.1) is 25.8 Å². The number of anilines is 1. The molecule has 0 spiro atoms. The van der Waals surface area contributed by atoms with Crippen LogP contribution in [0.3, 0.4) is 0 Å². The minimum absolute atomic E-state index is 0.112. The number of phenolic OH excluding ortho intramolecular Hbond substituents is 1. The highest BCUT2D eigenvalue weighted by Crippen LogP contribution is 2.44. The van der Waals surface area contributed by atoms with Gasteiger partial charge in [-0.15, -0.1) is 0 Å². The van der Waals surface area contributed by atoms with Gasteiger partial charge in [0.15, 0.2) is 0 Å². The number of nitrogen functional groups attached to an aromatic ring is 1. The number of phenols is 1. The molecule has 0 unspecified atom stereocenters. The first kappa shape index (κ1) is 18.2. The molecule has 7 heteroatoms. The zero-order chi connectivity index (χ0) is 19.2. The van der Waals surface area contributed by atoms with Crippen LogP contribution in [0.4, 0.5) is 5.82 Å². The van der Waals surface area contributed by atoms with E-state index in [2.05, 4.69) is 49.0 Å². The van der Waals surface area contributed by atoms with Crippen molar-refractivity contribution in [3.63, 3.8) is 0 Å². The second-order valence-electron chi connectivity index (χ2n) is 5.84. The normalized spacial score (nSPS) is 14.3. The number of halogens is 2. The quantitative estimate of drug-likeness (QED) is 0.613. The van der Waals surface area contributed by atoms with Crippen molar-refractivity contribution >= 4 is 54.9 Å². The summed E-state index contributed by atoms with van der Waals surface area (Å²) >= 11 is 6.64. The SMILES string of the molecule is CC1=C(C#N)c2nc(N)c(C#N)c(C)c2/C1=C\c1cc(Br)c(O)c(Br)c1. The van der Waals surface area contributed by atoms with Crippen LogP contribution in [0.2, 0.25) is 0 Å². The Kier molecular flexibility index (Phi) is 4.62. The summed E-state index contributed by atoms with van der Waals surface area (Å²) in [5.41, 5.74) is 11.0. The van der Waals surface area contributed by atoms with Gasteiger partial charge >= 0.3 is 0 Å². The minimum atomic E-state index is 0.112. The number of nitrogens with zero attached hydrogens (tertiary/aromatic N) is 3. The van der Waals surface area contributed by atoms with Gasteiger partial charge in [-0.1, -0.05) is 0 Å². The number of aromatic hydroxyl groups is 1. The van der Waals surface area contributed by atoms with Crippen LogP contribution in [-0.4, -0.2) is 10.1 Å². The average Bonchev–Trinajstić information content (AvgIpc) is 2.84. The first-order chi connectivity index (χ1) is 12.3. The number of benzene rings is 1. The second kappa shape index (κ2) is 6.60. The molecule has 26 heavy (non-hydrogen) atoms. The molecule has 1 heterocycles. The van der Waals surface area contributed by atoms with Crippen molar-refractivity contribution in [2.45, 2.75) is 13.8 Å². The molecule has 0 atom stereocenters. The molecule has 3 rings (SSSR count). The third kappa shape index (κ3) is 2.70. The number of pyridine rings is 1. The van der Waals surface area contributed by atoms with E-state index in [9.17, 15) is 15.6 Å². The van der Waals surface area contributed by atoms with E-state index in [0.29, 0.717) is 31.3 Å². The number of hydrogen-bond donors (Lipinski definition) is 2. The Labute approximate surface area is 167 Å². The third-order valence-corrected chi connectivity index (χ3v) is 5.54. The van der Waals surface area contributed by atoms with Gasteiger partial charge in [-0.3, -0.25) is 0 Å². The number of hydrogen-bond acceptors (Lipinski definition) is 5. The summed E-state index contributed by atoms with van der Waals surface area (Å²) in [5.74, 6) is 0.238. The maximum atomic E-state index is 9.90. The molecule has 1 aliphatic rings. The number of nitrogens with two attached hydrogens (primary N) is 1. The van der Waals surface area contributed by atoms with E-state index in [1.54, 1.807) is 19.1 Å². The van der Waals surface area contributed by atoms with Crippen LogP contribution in [0, 0.1) is 29.6 Å². The molecule has 128 valence electrons. The molecule has 0 aliphatic heterocycles. The lowest BCUT2D eigenvalue weighted by Crippen LogP contribution is -2.03. The minimum Gasteiger partial charge on any atom is -0.506 e. The zero-order valence-corrected chi connectivity index (χ0v) is 17.0. The van der Waals surface area contributed by atoms with E-state index in [0.717, 1.165) is 22.3 Å². The monoisotopic (exact) mass is 470 g/mol. The molecule has 0 bridgehead atoms. The molecule has 3 N–H and O–H groups in total. The Morgan fingerprint density at radius 2 is 1.77 bits per heavy atom. The predicted molar refractivity (Wildman–Crippen MR) is 108 cm³/mol. The van der Waals surface area contributed by atoms with Gasteiger partial charge in [-0.2, -0.15) is 10.5 Å². The molecule has 0 amide bonds. The molecule has 5 nitrogen and oxygen atoms in total. The smallest absolute Gasteiger partial charge is 0.143 e. The van der Waals surface area contributed by atoms with Crippen LogP contribution < -0.4 is 5.73 Å². The Balaban J connectivity index is 2.34. The van der Waals surface area contributed by atoms with E-state index in [-0.39, 0.29) is 11.6 Å². The Morgan fingerprint density at radius 3 is 2.31 bits per heavy atom. The van der Waals surface area contributed by atoms with E-state index >= 15 is 0 Å². The predicted octanol–water partition coefficient (Wildman–Crippen LogP) is 4.93. The van der Waals surface area contributed by atoms with Gasteiger partial charge in [0.1, 0.15) is 23.7 Å². The van der Waals surface area contributed by atoms with Gasteiger partial charge in [-0.05, 0) is 86.2 Å². The fourth-order valence-electron chi connectivity index (χ4n) is 3.03. The van der Waals surface area contributed by atoms with E-state index < -0.39 is 0 Å². The van der Waals surface area contributed by atoms with Crippen LogP contribution in [-0.2, 0) is 0 Å². The van der Waals surface area contributed by atoms with Gasteiger partial charge in [-0.25, -0.2) is 4.98 Å². The lowest BCUT2D eigenvalue weighted by atomic mass is 9.95. The fraction of sp³-hybridized carbons (Fsp3) is 0.105. The summed E-state index contributed by atoms with van der Waals surface area (Å²) in [6, 6.07) is 7.82. The van der Waals surface area contributed by atoms with E-state index in [1.807, 2.05) is 13.0 Å². The van der Waals surface area contributed by atoms with E-state index in [1.165, 1.54) is 0 Å². The molecule has 1 aromatic carbocycles. The van der Waals surface area contributed by atoms with Crippen molar-refractivity contribution in [2.24, 2.45) is 0 Å². The van der Waals surface area contributed by atoms with Gasteiger partial charge in [0.25, 0.3) is 0 Å². The van der Waals surface area contributed by atoms with Gasteiger partial charge in [0, 0.05) is 5.56 Å². The van der Waals surface area contributed by atoms with Crippen molar-refractivity contribution in [3.8, 4) is 17.9 Å². The van der Waals surface area contributed by atoms with Crippen molar-refractivity contribution in [1.82, 2.24) is 4.98 Å². The van der Waals surface area contributed by atoms with Crippen molar-refractivity contribution in [3.05, 3.63) is 54.6 Å². The summed E-state index contributed by atoms with van der Waals surface area (Å²) in [4.78, 5) is 4.30. The molecule has 2 aromatic rings. The fourth-order valence-corrected chi connectivity index (χ4v) is 4.25. The highest BCUT2D eigenvalue weighted by molar-refractivity contribution is 9.11. The third-order valence-electron chi connectivity index (χ3n) is 4.33. The molecular formula is C19H12Br2N4O. The zero-order valence-electron chi connectivity index (χ0n) is 13.9. The van der Waals surface area contributed by atoms with Crippen LogP contribution in [0.1, 0.15) is 34.9 Å². The first-order valence-corrected chi connectivity index (χ1v) is 9.10. The Bertz CT molecular complexity index is 1090. The van der Waals surface area contributed by atoms with Gasteiger partial charge in [0.2, 0.25) is 0 Å². The second-order valence-corrected chi connectivity index (χ2v) is 7.54. The molecule has 0 saturated carbocycles. The molecule has 1 aliphatic carbocycles. The average molecular weight is 472 g/mol. The molecule has 1 aromatic heterocycles. The summed E-state index contributed by atoms with van der Waals surface area (Å²) < 4.78 is 1.09. The summed E-state index contributed by atoms with van der Waals surface area (Å²) in [5, 5.41) is 28.9. The molecular weight excluding hydrogens is 460 g/mol. The topological polar surface area (TPSA) is 107 Å². The summed E-state index contributed by atoms with van der Waals surface area (Å²) in [6.07, 6.45) is 1.90. The largest absolute Gasteiger partial charge is 0.506 e. The Morgan fingerprint density at radius 1 is 1.15 bits per heavy atom. The standard InChI is InChI=1S/C19H12Br2N4O/c1-8-11(3-10-4-14(20)18(26)15(21)5-10)16-9(2)13(7-23)19(24)25-17(16)12(8)6-22/h3-5,26H,1-2H3,(H2,24,25)/b11-3-. The maximum absolute atomic E-state index is 9.90. The number of fused-ring (bicyclic) bond motifs is 1. The maximum Gasteiger partial charge on any atom is 0.143 e. The molecule has 0 saturated heterocycles. The Hall–Kier alpha value is -2.61. The van der Waals surface area contributed by atoms with Crippen molar-refractivity contribution in [1.29, 1.82) is 10.5 Å². The summed E-state index contributed by atoms with van der Waals surface area (Å²) in [6.45, 7) is 3.65. The van der Waals surface area contributed by atoms with Crippen molar-refractivity contribution in [2.75, 3.05) is 5.73 Å². The number of nitriles is 2. The highest BCUT2D eigenvalue weighted by atomic mass is 79.9. The van der Waals surface area contributed by atoms with Crippen LogP contribution in [0.5, 0.6) is 5.75 Å². The number of rotatable bonds is 1. The first-order valence-electron chi connectivity index (χ1n) is 7.52. The van der Waals surface area contributed by atoms with Crippen LogP contribution in [0.25, 0.3) is 17.2 Å². The van der Waals surface area contributed by atoms with E-state index in [4.69, 9.17) is 5.73 Å². The summed E-state index contributed by atoms with van der Waals surface area (Å²) in [7, 11) is 0. The highest BCUT2D eigenvalue weighted by Gasteiger charge is 2.29. The number of aromatic nitrogens is 1. The number of allylic oxidation sites excluding steroid dienone is 3. The van der Waals surface area contributed by atoms with Crippen LogP contribution >= 0.6 is 31.9 Å². The lowest BCUT2D eigenvalue weighted by Gasteiger charge is -2.11. The molecule has 0 radical (unpaired) electrons. The molecule has 0 fully saturated rings. The van der Waals surface area contributed by atoms with Gasteiger partial charge < -0.3 is 10.8 Å². The lowest BCUT2D eigenvalue weighted by molar-refractivity contribution is 0.468. The van der Waals surface area contributed by atoms with Crippen LogP contribution in [0.15, 0.2) is 26.7 Å². The van der Waals surface area contributed by atoms with Crippen molar-refractivity contribution < 1.29 is 5.11 Å².